The highest BCUT2D eigenvalue weighted by molar-refractivity contribution is 7.92. The second kappa shape index (κ2) is 14.4. The molecule has 9 heteroatoms. The highest BCUT2D eigenvalue weighted by Gasteiger charge is 2.30. The smallest absolute Gasteiger partial charge is 0.243 e. The number of carbonyl (C=O) groups excluding carboxylic acids is 2. The Morgan fingerprint density at radius 1 is 1.08 bits per heavy atom. The maximum atomic E-state index is 13.7. The number of amides is 2. The van der Waals surface area contributed by atoms with Crippen LogP contribution in [0.15, 0.2) is 48.5 Å². The number of carbonyl (C=O) groups is 2. The van der Waals surface area contributed by atoms with Crippen molar-refractivity contribution in [2.75, 3.05) is 24.2 Å². The minimum absolute atomic E-state index is 0.120. The standard InChI is InChI=1S/C30H43N3O5S/c1-5-28(30(35)31-25-12-7-6-8-13-25)32(22-24-11-9-14-27(21-24)38-3)29(34)15-10-20-33(39(4,36)37)26-18-16-23(2)17-19-26/h9,11,14,16-19,21,25,28H,5-8,10,12-13,15,20,22H2,1-4H3,(H,31,35). The summed E-state index contributed by atoms with van der Waals surface area (Å²) in [5.74, 6) is 0.375. The summed E-state index contributed by atoms with van der Waals surface area (Å²) >= 11 is 0. The Morgan fingerprint density at radius 2 is 1.77 bits per heavy atom. The van der Waals surface area contributed by atoms with E-state index in [1.807, 2.05) is 50.2 Å². The summed E-state index contributed by atoms with van der Waals surface area (Å²) in [6, 6.07) is 14.3. The van der Waals surface area contributed by atoms with Crippen LogP contribution >= 0.6 is 0 Å². The third-order valence-corrected chi connectivity index (χ3v) is 8.49. The number of aryl methyl sites for hydroxylation is 1. The van der Waals surface area contributed by atoms with Crippen molar-refractivity contribution in [1.82, 2.24) is 10.2 Å². The second-order valence-electron chi connectivity index (χ2n) is 10.4. The Morgan fingerprint density at radius 3 is 2.38 bits per heavy atom. The van der Waals surface area contributed by atoms with Gasteiger partial charge < -0.3 is 15.0 Å². The molecule has 214 valence electrons. The van der Waals surface area contributed by atoms with E-state index in [0.29, 0.717) is 24.3 Å². The van der Waals surface area contributed by atoms with Crippen LogP contribution in [0.25, 0.3) is 0 Å². The first-order valence-corrected chi connectivity index (χ1v) is 15.7. The van der Waals surface area contributed by atoms with E-state index in [9.17, 15) is 18.0 Å². The van der Waals surface area contributed by atoms with E-state index in [0.717, 1.165) is 36.8 Å². The minimum atomic E-state index is -3.53. The number of anilines is 1. The first-order chi connectivity index (χ1) is 18.6. The van der Waals surface area contributed by atoms with Crippen LogP contribution < -0.4 is 14.4 Å². The monoisotopic (exact) mass is 557 g/mol. The van der Waals surface area contributed by atoms with Crippen molar-refractivity contribution in [3.8, 4) is 5.75 Å². The van der Waals surface area contributed by atoms with Crippen molar-refractivity contribution in [3.05, 3.63) is 59.7 Å². The third kappa shape index (κ3) is 8.98. The highest BCUT2D eigenvalue weighted by Crippen LogP contribution is 2.22. The van der Waals surface area contributed by atoms with Gasteiger partial charge in [-0.15, -0.1) is 0 Å². The molecule has 1 aliphatic carbocycles. The predicted octanol–water partition coefficient (Wildman–Crippen LogP) is 4.81. The van der Waals surface area contributed by atoms with Gasteiger partial charge in [-0.1, -0.05) is 56.0 Å². The summed E-state index contributed by atoms with van der Waals surface area (Å²) in [4.78, 5) is 28.7. The molecule has 0 spiro atoms. The van der Waals surface area contributed by atoms with Gasteiger partial charge in [0.25, 0.3) is 0 Å². The summed E-state index contributed by atoms with van der Waals surface area (Å²) in [7, 11) is -1.93. The molecule has 1 N–H and O–H groups in total. The zero-order chi connectivity index (χ0) is 28.4. The van der Waals surface area contributed by atoms with Gasteiger partial charge >= 0.3 is 0 Å². The molecule has 0 bridgehead atoms. The molecule has 8 nitrogen and oxygen atoms in total. The van der Waals surface area contributed by atoms with Crippen LogP contribution in [0.2, 0.25) is 0 Å². The van der Waals surface area contributed by atoms with Crippen LogP contribution in [0, 0.1) is 6.92 Å². The van der Waals surface area contributed by atoms with Crippen molar-refractivity contribution in [3.63, 3.8) is 0 Å². The fourth-order valence-electron chi connectivity index (χ4n) is 5.15. The maximum Gasteiger partial charge on any atom is 0.243 e. The molecule has 1 saturated carbocycles. The Labute approximate surface area is 233 Å². The van der Waals surface area contributed by atoms with Gasteiger partial charge in [-0.05, 0) is 62.4 Å². The zero-order valence-electron chi connectivity index (χ0n) is 23.7. The lowest BCUT2D eigenvalue weighted by atomic mass is 9.95. The van der Waals surface area contributed by atoms with Gasteiger partial charge in [0.15, 0.2) is 0 Å². The fraction of sp³-hybridized carbons (Fsp3) is 0.533. The van der Waals surface area contributed by atoms with Crippen LogP contribution in [-0.2, 0) is 26.2 Å². The molecule has 0 aromatic heterocycles. The molecule has 1 unspecified atom stereocenters. The Bertz CT molecular complexity index is 1190. The molecule has 1 fully saturated rings. The van der Waals surface area contributed by atoms with Crippen LogP contribution in [0.1, 0.15) is 69.4 Å². The van der Waals surface area contributed by atoms with Crippen molar-refractivity contribution >= 4 is 27.5 Å². The summed E-state index contributed by atoms with van der Waals surface area (Å²) in [5, 5.41) is 3.19. The van der Waals surface area contributed by atoms with Crippen molar-refractivity contribution in [1.29, 1.82) is 0 Å². The van der Waals surface area contributed by atoms with E-state index in [-0.39, 0.29) is 37.4 Å². The summed E-state index contributed by atoms with van der Waals surface area (Å²) < 4.78 is 31.7. The lowest BCUT2D eigenvalue weighted by Crippen LogP contribution is -2.51. The first kappa shape index (κ1) is 30.5. The molecule has 39 heavy (non-hydrogen) atoms. The van der Waals surface area contributed by atoms with Crippen LogP contribution in [-0.4, -0.2) is 57.1 Å². The average Bonchev–Trinajstić information content (AvgIpc) is 2.91. The van der Waals surface area contributed by atoms with Gasteiger partial charge in [-0.2, -0.15) is 0 Å². The molecular weight excluding hydrogens is 514 g/mol. The maximum absolute atomic E-state index is 13.7. The van der Waals surface area contributed by atoms with Crippen molar-refractivity contribution in [2.45, 2.75) is 83.8 Å². The molecule has 2 amide bonds. The number of nitrogens with one attached hydrogen (secondary N) is 1. The lowest BCUT2D eigenvalue weighted by molar-refractivity contribution is -0.141. The summed E-state index contributed by atoms with van der Waals surface area (Å²) in [5.41, 5.74) is 2.47. The SMILES string of the molecule is CCC(C(=O)NC1CCCCC1)N(Cc1cccc(OC)c1)C(=O)CCCN(c1ccc(C)cc1)S(C)(=O)=O. The van der Waals surface area contributed by atoms with Gasteiger partial charge in [0.05, 0.1) is 19.1 Å². The number of benzene rings is 2. The number of rotatable bonds is 13. The van der Waals surface area contributed by atoms with Crippen LogP contribution in [0.4, 0.5) is 5.69 Å². The minimum Gasteiger partial charge on any atom is -0.497 e. The molecule has 1 aliphatic rings. The molecule has 0 saturated heterocycles. The summed E-state index contributed by atoms with van der Waals surface area (Å²) in [6.45, 7) is 4.30. The number of hydrogen-bond acceptors (Lipinski definition) is 5. The van der Waals surface area contributed by atoms with Crippen molar-refractivity contribution < 1.29 is 22.7 Å². The van der Waals surface area contributed by atoms with Crippen molar-refractivity contribution in [2.24, 2.45) is 0 Å². The van der Waals surface area contributed by atoms with E-state index in [1.54, 1.807) is 24.1 Å². The molecule has 2 aromatic carbocycles. The molecule has 0 radical (unpaired) electrons. The number of sulfonamides is 1. The second-order valence-corrected chi connectivity index (χ2v) is 12.3. The Kier molecular flexibility index (Phi) is 11.2. The Hall–Kier alpha value is -3.07. The topological polar surface area (TPSA) is 96.0 Å². The van der Waals surface area contributed by atoms with E-state index in [2.05, 4.69) is 5.32 Å². The lowest BCUT2D eigenvalue weighted by Gasteiger charge is -2.33. The molecular formula is C30H43N3O5S. The quantitative estimate of drug-likeness (QED) is 0.382. The van der Waals surface area contributed by atoms with Gasteiger partial charge in [0.1, 0.15) is 11.8 Å². The predicted molar refractivity (Wildman–Crippen MR) is 155 cm³/mol. The average molecular weight is 558 g/mol. The molecule has 0 aliphatic heterocycles. The molecule has 0 heterocycles. The number of hydrogen-bond donors (Lipinski definition) is 1. The van der Waals surface area contributed by atoms with Gasteiger partial charge in [0.2, 0.25) is 21.8 Å². The summed E-state index contributed by atoms with van der Waals surface area (Å²) in [6.07, 6.45) is 7.43. The Balaban J connectivity index is 1.76. The van der Waals surface area contributed by atoms with Gasteiger partial charge in [-0.3, -0.25) is 13.9 Å². The zero-order valence-corrected chi connectivity index (χ0v) is 24.5. The van der Waals surface area contributed by atoms with E-state index in [4.69, 9.17) is 4.74 Å². The third-order valence-electron chi connectivity index (χ3n) is 7.30. The van der Waals surface area contributed by atoms with E-state index >= 15 is 0 Å². The molecule has 3 rings (SSSR count). The number of nitrogens with zero attached hydrogens (tertiary/aromatic N) is 2. The van der Waals surface area contributed by atoms with E-state index < -0.39 is 16.1 Å². The molecule has 1 atom stereocenters. The number of methoxy groups -OCH3 is 1. The molecule has 2 aromatic rings. The number of ether oxygens (including phenoxy) is 1. The largest absolute Gasteiger partial charge is 0.497 e. The van der Waals surface area contributed by atoms with Gasteiger partial charge in [-0.25, -0.2) is 8.42 Å². The van der Waals surface area contributed by atoms with E-state index in [1.165, 1.54) is 17.0 Å². The van der Waals surface area contributed by atoms with Gasteiger partial charge in [0, 0.05) is 25.6 Å². The fourth-order valence-corrected chi connectivity index (χ4v) is 6.11. The normalized spacial score (nSPS) is 14.9. The van der Waals surface area contributed by atoms with Crippen LogP contribution in [0.3, 0.4) is 0 Å². The van der Waals surface area contributed by atoms with Crippen LogP contribution in [0.5, 0.6) is 5.75 Å². The highest BCUT2D eigenvalue weighted by atomic mass is 32.2. The first-order valence-electron chi connectivity index (χ1n) is 13.9.